The molecule has 0 amide bonds. The number of aryl methyl sites for hydroxylation is 1. The highest BCUT2D eigenvalue weighted by Gasteiger charge is 2.11. The maximum atomic E-state index is 5.76. The van der Waals surface area contributed by atoms with Crippen LogP contribution in [-0.2, 0) is 6.42 Å². The van der Waals surface area contributed by atoms with Gasteiger partial charge >= 0.3 is 0 Å². The van der Waals surface area contributed by atoms with Crippen molar-refractivity contribution in [1.82, 2.24) is 0 Å². The number of hydrogen-bond donors (Lipinski definition) is 1. The number of ether oxygens (including phenoxy) is 1. The van der Waals surface area contributed by atoms with E-state index >= 15 is 0 Å². The van der Waals surface area contributed by atoms with Crippen molar-refractivity contribution >= 4 is 0 Å². The molecule has 102 valence electrons. The van der Waals surface area contributed by atoms with Crippen molar-refractivity contribution in [3.05, 3.63) is 29.8 Å². The third kappa shape index (κ3) is 4.69. The minimum absolute atomic E-state index is 0.678. The lowest BCUT2D eigenvalue weighted by Gasteiger charge is -2.18. The minimum atomic E-state index is 0.678. The lowest BCUT2D eigenvalue weighted by atomic mass is 9.89. The molecule has 0 unspecified atom stereocenters. The maximum absolute atomic E-state index is 5.76. The van der Waals surface area contributed by atoms with Gasteiger partial charge in [0, 0.05) is 0 Å². The van der Waals surface area contributed by atoms with Crippen LogP contribution in [0.15, 0.2) is 24.3 Å². The van der Waals surface area contributed by atoms with Gasteiger partial charge in [0.05, 0.1) is 7.11 Å². The summed E-state index contributed by atoms with van der Waals surface area (Å²) in [7, 11) is 1.74. The van der Waals surface area contributed by atoms with E-state index in [9.17, 15) is 0 Å². The van der Waals surface area contributed by atoms with Gasteiger partial charge in [0.25, 0.3) is 0 Å². The van der Waals surface area contributed by atoms with E-state index in [1.54, 1.807) is 7.11 Å². The Hall–Kier alpha value is -1.02. The second kappa shape index (κ2) is 8.15. The van der Waals surface area contributed by atoms with Crippen molar-refractivity contribution in [2.24, 2.45) is 17.6 Å². The first-order valence-corrected chi connectivity index (χ1v) is 7.03. The SMILES string of the molecule is CC[C@H](CN)C[C@H](C)CCc1ccccc1OC. The Morgan fingerprint density at radius 3 is 2.61 bits per heavy atom. The summed E-state index contributed by atoms with van der Waals surface area (Å²) in [5.41, 5.74) is 7.08. The molecule has 0 radical (unpaired) electrons. The van der Waals surface area contributed by atoms with Gasteiger partial charge in [-0.1, -0.05) is 38.5 Å². The Morgan fingerprint density at radius 1 is 1.28 bits per heavy atom. The quantitative estimate of drug-likeness (QED) is 0.763. The third-order valence-electron chi connectivity index (χ3n) is 3.75. The van der Waals surface area contributed by atoms with Gasteiger partial charge in [0.1, 0.15) is 5.75 Å². The highest BCUT2D eigenvalue weighted by Crippen LogP contribution is 2.23. The summed E-state index contributed by atoms with van der Waals surface area (Å²) in [6.45, 7) is 5.37. The van der Waals surface area contributed by atoms with E-state index < -0.39 is 0 Å². The van der Waals surface area contributed by atoms with Gasteiger partial charge in [-0.05, 0) is 49.3 Å². The van der Waals surface area contributed by atoms with Gasteiger partial charge in [-0.3, -0.25) is 0 Å². The van der Waals surface area contributed by atoms with Crippen LogP contribution in [0.25, 0.3) is 0 Å². The van der Waals surface area contributed by atoms with Crippen LogP contribution in [-0.4, -0.2) is 13.7 Å². The molecule has 2 nitrogen and oxygen atoms in total. The molecule has 0 spiro atoms. The molecule has 1 aromatic carbocycles. The van der Waals surface area contributed by atoms with Gasteiger partial charge in [0.15, 0.2) is 0 Å². The zero-order valence-corrected chi connectivity index (χ0v) is 12.0. The highest BCUT2D eigenvalue weighted by atomic mass is 16.5. The highest BCUT2D eigenvalue weighted by molar-refractivity contribution is 5.33. The molecular weight excluding hydrogens is 222 g/mol. The van der Waals surface area contributed by atoms with E-state index in [1.807, 2.05) is 12.1 Å². The summed E-state index contributed by atoms with van der Waals surface area (Å²) >= 11 is 0. The van der Waals surface area contributed by atoms with Gasteiger partial charge < -0.3 is 10.5 Å². The second-order valence-corrected chi connectivity index (χ2v) is 5.20. The number of para-hydroxylation sites is 1. The summed E-state index contributed by atoms with van der Waals surface area (Å²) < 4.78 is 5.38. The van der Waals surface area contributed by atoms with E-state index in [1.165, 1.54) is 24.8 Å². The Bertz CT molecular complexity index is 334. The molecule has 18 heavy (non-hydrogen) atoms. The van der Waals surface area contributed by atoms with Crippen LogP contribution >= 0.6 is 0 Å². The van der Waals surface area contributed by atoms with Gasteiger partial charge in [0.2, 0.25) is 0 Å². The van der Waals surface area contributed by atoms with E-state index in [2.05, 4.69) is 26.0 Å². The Balaban J connectivity index is 2.44. The Labute approximate surface area is 112 Å². The topological polar surface area (TPSA) is 35.2 Å². The number of hydrogen-bond acceptors (Lipinski definition) is 2. The number of benzene rings is 1. The van der Waals surface area contributed by atoms with Crippen LogP contribution in [0.5, 0.6) is 5.75 Å². The molecule has 2 N–H and O–H groups in total. The first-order valence-electron chi connectivity index (χ1n) is 7.03. The first kappa shape index (κ1) is 15.0. The molecule has 0 aromatic heterocycles. The lowest BCUT2D eigenvalue weighted by molar-refractivity contribution is 0.367. The molecule has 0 saturated heterocycles. The molecule has 0 saturated carbocycles. The lowest BCUT2D eigenvalue weighted by Crippen LogP contribution is -2.16. The van der Waals surface area contributed by atoms with Crippen molar-refractivity contribution in [3.8, 4) is 5.75 Å². The van der Waals surface area contributed by atoms with E-state index in [0.29, 0.717) is 5.92 Å². The normalized spacial score (nSPS) is 14.2. The molecule has 0 aliphatic carbocycles. The van der Waals surface area contributed by atoms with Crippen molar-refractivity contribution < 1.29 is 4.74 Å². The van der Waals surface area contributed by atoms with E-state index in [-0.39, 0.29) is 0 Å². The van der Waals surface area contributed by atoms with Crippen LogP contribution in [0, 0.1) is 11.8 Å². The van der Waals surface area contributed by atoms with E-state index in [0.717, 1.165) is 24.6 Å². The van der Waals surface area contributed by atoms with Crippen LogP contribution in [0.4, 0.5) is 0 Å². The van der Waals surface area contributed by atoms with Crippen molar-refractivity contribution in [2.45, 2.75) is 39.5 Å². The largest absolute Gasteiger partial charge is 0.496 e. The summed E-state index contributed by atoms with van der Waals surface area (Å²) in [5.74, 6) is 2.41. The molecule has 0 aliphatic rings. The van der Waals surface area contributed by atoms with Crippen LogP contribution in [0.1, 0.15) is 38.7 Å². The molecule has 2 heteroatoms. The molecular formula is C16H27NO. The van der Waals surface area contributed by atoms with Crippen LogP contribution in [0.3, 0.4) is 0 Å². The predicted octanol–water partition coefficient (Wildman–Crippen LogP) is 3.64. The monoisotopic (exact) mass is 249 g/mol. The molecule has 0 heterocycles. The zero-order chi connectivity index (χ0) is 13.4. The fourth-order valence-corrected chi connectivity index (χ4v) is 2.43. The third-order valence-corrected chi connectivity index (χ3v) is 3.75. The number of nitrogens with two attached hydrogens (primary N) is 1. The summed E-state index contributed by atoms with van der Waals surface area (Å²) in [6, 6.07) is 8.30. The van der Waals surface area contributed by atoms with Gasteiger partial charge in [-0.2, -0.15) is 0 Å². The van der Waals surface area contributed by atoms with Crippen LogP contribution in [0.2, 0.25) is 0 Å². The Kier molecular flexibility index (Phi) is 6.81. The molecule has 1 aromatic rings. The second-order valence-electron chi connectivity index (χ2n) is 5.20. The Morgan fingerprint density at radius 2 is 2.00 bits per heavy atom. The average molecular weight is 249 g/mol. The predicted molar refractivity (Wildman–Crippen MR) is 77.9 cm³/mol. The van der Waals surface area contributed by atoms with Crippen molar-refractivity contribution in [3.63, 3.8) is 0 Å². The molecule has 1 rings (SSSR count). The van der Waals surface area contributed by atoms with Crippen LogP contribution < -0.4 is 10.5 Å². The van der Waals surface area contributed by atoms with E-state index in [4.69, 9.17) is 10.5 Å². The van der Waals surface area contributed by atoms with Crippen molar-refractivity contribution in [1.29, 1.82) is 0 Å². The van der Waals surface area contributed by atoms with Gasteiger partial charge in [-0.15, -0.1) is 0 Å². The maximum Gasteiger partial charge on any atom is 0.122 e. The standard InChI is InChI=1S/C16H27NO/c1-4-14(12-17)11-13(2)9-10-15-7-5-6-8-16(15)18-3/h5-8,13-14H,4,9-12,17H2,1-3H3/t13-,14+/m1/s1. The fraction of sp³-hybridized carbons (Fsp3) is 0.625. The van der Waals surface area contributed by atoms with Crippen molar-refractivity contribution in [2.75, 3.05) is 13.7 Å². The zero-order valence-electron chi connectivity index (χ0n) is 12.0. The first-order chi connectivity index (χ1) is 8.71. The van der Waals surface area contributed by atoms with Gasteiger partial charge in [-0.25, -0.2) is 0 Å². The molecule has 0 bridgehead atoms. The fourth-order valence-electron chi connectivity index (χ4n) is 2.43. The number of methoxy groups -OCH3 is 1. The molecule has 0 aliphatic heterocycles. The summed E-state index contributed by atoms with van der Waals surface area (Å²) in [5, 5.41) is 0. The minimum Gasteiger partial charge on any atom is -0.496 e. The molecule has 0 fully saturated rings. The summed E-state index contributed by atoms with van der Waals surface area (Å²) in [6.07, 6.45) is 4.72. The molecule has 2 atom stereocenters. The smallest absolute Gasteiger partial charge is 0.122 e. The number of rotatable bonds is 8. The summed E-state index contributed by atoms with van der Waals surface area (Å²) in [4.78, 5) is 0. The average Bonchev–Trinajstić information content (AvgIpc) is 2.42.